The van der Waals surface area contributed by atoms with E-state index in [9.17, 15) is 5.11 Å². The molecular weight excluding hydrogens is 368 g/mol. The van der Waals surface area contributed by atoms with Crippen LogP contribution in [0.25, 0.3) is 0 Å². The summed E-state index contributed by atoms with van der Waals surface area (Å²) in [5, 5.41) is 10.7. The number of hydrogen-bond donors (Lipinski definition) is 1. The van der Waals surface area contributed by atoms with Crippen LogP contribution in [0.3, 0.4) is 0 Å². The lowest BCUT2D eigenvalue weighted by Gasteiger charge is -2.34. The Balaban J connectivity index is 1.97. The largest absolute Gasteiger partial charge is 0.496 e. The Morgan fingerprint density at radius 2 is 1.53 bits per heavy atom. The number of benzene rings is 2. The van der Waals surface area contributed by atoms with Crippen LogP contribution in [0.15, 0.2) is 36.4 Å². The van der Waals surface area contributed by atoms with Crippen LogP contribution in [-0.2, 0) is 5.41 Å². The fourth-order valence-corrected chi connectivity index (χ4v) is 4.96. The van der Waals surface area contributed by atoms with Gasteiger partial charge in [-0.05, 0) is 86.8 Å². The molecule has 0 heterocycles. The zero-order valence-corrected chi connectivity index (χ0v) is 19.3. The molecule has 0 aliphatic heterocycles. The molecule has 0 bridgehead atoms. The lowest BCUT2D eigenvalue weighted by molar-refractivity contribution is 0.0610. The molecule has 2 aromatic rings. The van der Waals surface area contributed by atoms with Gasteiger partial charge in [-0.15, -0.1) is 0 Å². The van der Waals surface area contributed by atoms with Crippen LogP contribution >= 0.6 is 0 Å². The lowest BCUT2D eigenvalue weighted by Crippen LogP contribution is -2.29. The van der Waals surface area contributed by atoms with Crippen LogP contribution in [0.4, 0.5) is 0 Å². The molecular formula is C28H36O2. The molecule has 1 aliphatic rings. The SMILES string of the molecule is CCC(CC)(c1ccc(C#CC2(O)CCCCC2)c(C)c1)c1ccc(OC)c(C)c1. The van der Waals surface area contributed by atoms with E-state index in [-0.39, 0.29) is 5.41 Å². The van der Waals surface area contributed by atoms with Gasteiger partial charge >= 0.3 is 0 Å². The van der Waals surface area contributed by atoms with Crippen molar-refractivity contribution in [1.82, 2.24) is 0 Å². The van der Waals surface area contributed by atoms with E-state index in [1.807, 2.05) is 0 Å². The summed E-state index contributed by atoms with van der Waals surface area (Å²) in [7, 11) is 1.72. The van der Waals surface area contributed by atoms with Crippen molar-refractivity contribution in [3.05, 3.63) is 64.2 Å². The Kier molecular flexibility index (Phi) is 6.94. The summed E-state index contributed by atoms with van der Waals surface area (Å²) in [6.07, 6.45) is 6.99. The highest BCUT2D eigenvalue weighted by Gasteiger charge is 2.31. The maximum atomic E-state index is 10.7. The fourth-order valence-electron chi connectivity index (χ4n) is 4.96. The molecule has 0 atom stereocenters. The van der Waals surface area contributed by atoms with Crippen LogP contribution in [-0.4, -0.2) is 17.8 Å². The average Bonchev–Trinajstić information content (AvgIpc) is 2.75. The molecule has 2 nitrogen and oxygen atoms in total. The van der Waals surface area contributed by atoms with Crippen LogP contribution in [0.2, 0.25) is 0 Å². The zero-order chi connectivity index (χ0) is 21.8. The van der Waals surface area contributed by atoms with Gasteiger partial charge < -0.3 is 9.84 Å². The quantitative estimate of drug-likeness (QED) is 0.579. The van der Waals surface area contributed by atoms with E-state index in [0.717, 1.165) is 49.8 Å². The first-order valence-corrected chi connectivity index (χ1v) is 11.4. The summed E-state index contributed by atoms with van der Waals surface area (Å²) in [5.41, 5.74) is 5.19. The molecule has 0 amide bonds. The molecule has 1 fully saturated rings. The molecule has 2 heteroatoms. The van der Waals surface area contributed by atoms with Crippen molar-refractivity contribution in [2.24, 2.45) is 0 Å². The zero-order valence-electron chi connectivity index (χ0n) is 19.3. The molecule has 0 saturated heterocycles. The van der Waals surface area contributed by atoms with E-state index >= 15 is 0 Å². The van der Waals surface area contributed by atoms with Crippen molar-refractivity contribution in [1.29, 1.82) is 0 Å². The highest BCUT2D eigenvalue weighted by molar-refractivity contribution is 5.50. The van der Waals surface area contributed by atoms with Gasteiger partial charge in [-0.25, -0.2) is 0 Å². The smallest absolute Gasteiger partial charge is 0.125 e. The number of methoxy groups -OCH3 is 1. The Morgan fingerprint density at radius 1 is 0.933 bits per heavy atom. The highest BCUT2D eigenvalue weighted by Crippen LogP contribution is 2.40. The Labute approximate surface area is 182 Å². The molecule has 1 aliphatic carbocycles. The lowest BCUT2D eigenvalue weighted by atomic mass is 9.70. The van der Waals surface area contributed by atoms with Crippen molar-refractivity contribution >= 4 is 0 Å². The minimum atomic E-state index is -0.805. The van der Waals surface area contributed by atoms with Gasteiger partial charge in [-0.2, -0.15) is 0 Å². The average molecular weight is 405 g/mol. The normalized spacial score (nSPS) is 15.9. The summed E-state index contributed by atoms with van der Waals surface area (Å²) >= 11 is 0. The summed E-state index contributed by atoms with van der Waals surface area (Å²) < 4.78 is 5.47. The van der Waals surface area contributed by atoms with Crippen LogP contribution in [0.1, 0.15) is 86.6 Å². The van der Waals surface area contributed by atoms with Crippen molar-refractivity contribution in [2.45, 2.75) is 83.7 Å². The Bertz CT molecular complexity index is 935. The van der Waals surface area contributed by atoms with Crippen LogP contribution in [0, 0.1) is 25.7 Å². The van der Waals surface area contributed by atoms with Gasteiger partial charge in [0.25, 0.3) is 0 Å². The minimum Gasteiger partial charge on any atom is -0.496 e. The maximum absolute atomic E-state index is 10.7. The van der Waals surface area contributed by atoms with Gasteiger partial charge in [0.15, 0.2) is 0 Å². The monoisotopic (exact) mass is 404 g/mol. The first-order chi connectivity index (χ1) is 14.4. The van der Waals surface area contributed by atoms with Gasteiger partial charge in [0.2, 0.25) is 0 Å². The number of hydrogen-bond acceptors (Lipinski definition) is 2. The number of rotatable bonds is 5. The van der Waals surface area contributed by atoms with Crippen molar-refractivity contribution in [2.75, 3.05) is 7.11 Å². The summed E-state index contributed by atoms with van der Waals surface area (Å²) in [6.45, 7) is 8.78. The molecule has 0 unspecified atom stereocenters. The third kappa shape index (κ3) is 4.42. The molecule has 3 rings (SSSR count). The van der Waals surface area contributed by atoms with Gasteiger partial charge in [-0.1, -0.05) is 56.4 Å². The molecule has 0 spiro atoms. The van der Waals surface area contributed by atoms with Crippen LogP contribution in [0.5, 0.6) is 5.75 Å². The van der Waals surface area contributed by atoms with E-state index < -0.39 is 5.60 Å². The summed E-state index contributed by atoms with van der Waals surface area (Å²) in [5.74, 6) is 7.40. The predicted molar refractivity (Wildman–Crippen MR) is 125 cm³/mol. The van der Waals surface area contributed by atoms with E-state index in [0.29, 0.717) is 0 Å². The maximum Gasteiger partial charge on any atom is 0.125 e. The first-order valence-electron chi connectivity index (χ1n) is 11.4. The van der Waals surface area contributed by atoms with Gasteiger partial charge in [0.1, 0.15) is 11.4 Å². The van der Waals surface area contributed by atoms with E-state index in [4.69, 9.17) is 4.74 Å². The molecule has 1 N–H and O–H groups in total. The summed E-state index contributed by atoms with van der Waals surface area (Å²) in [4.78, 5) is 0. The standard InChI is InChI=1S/C28H36O2/c1-6-28(7-2,25-13-14-26(30-5)22(4)20-25)24-12-11-23(21(3)19-24)15-18-27(29)16-9-8-10-17-27/h11-14,19-20,29H,6-10,16-17H2,1-5H3. The minimum absolute atomic E-state index is 0.0324. The Morgan fingerprint density at radius 3 is 2.07 bits per heavy atom. The number of aryl methyl sites for hydroxylation is 2. The topological polar surface area (TPSA) is 29.5 Å². The molecule has 0 aromatic heterocycles. The third-order valence-corrected chi connectivity index (χ3v) is 7.04. The molecule has 1 saturated carbocycles. The van der Waals surface area contributed by atoms with Gasteiger partial charge in [0, 0.05) is 11.0 Å². The fraction of sp³-hybridized carbons (Fsp3) is 0.500. The number of aliphatic hydroxyl groups is 1. The van der Waals surface area contributed by atoms with E-state index in [2.05, 4.69) is 75.9 Å². The first kappa shape index (κ1) is 22.4. The molecule has 30 heavy (non-hydrogen) atoms. The molecule has 0 radical (unpaired) electrons. The van der Waals surface area contributed by atoms with Gasteiger partial charge in [0.05, 0.1) is 7.11 Å². The molecule has 160 valence electrons. The highest BCUT2D eigenvalue weighted by atomic mass is 16.5. The molecule has 2 aromatic carbocycles. The second kappa shape index (κ2) is 9.27. The van der Waals surface area contributed by atoms with Crippen molar-refractivity contribution in [3.8, 4) is 17.6 Å². The van der Waals surface area contributed by atoms with Crippen LogP contribution < -0.4 is 4.74 Å². The van der Waals surface area contributed by atoms with Crippen molar-refractivity contribution < 1.29 is 9.84 Å². The van der Waals surface area contributed by atoms with Gasteiger partial charge in [-0.3, -0.25) is 0 Å². The summed E-state index contributed by atoms with van der Waals surface area (Å²) in [6, 6.07) is 13.2. The van der Waals surface area contributed by atoms with Crippen molar-refractivity contribution in [3.63, 3.8) is 0 Å². The third-order valence-electron chi connectivity index (χ3n) is 7.04. The van der Waals surface area contributed by atoms with E-state index in [1.54, 1.807) is 7.11 Å². The van der Waals surface area contributed by atoms with E-state index in [1.165, 1.54) is 28.7 Å². The second-order valence-electron chi connectivity index (χ2n) is 8.85. The Hall–Kier alpha value is -2.24. The second-order valence-corrected chi connectivity index (χ2v) is 8.85. The number of ether oxygens (including phenoxy) is 1. The predicted octanol–water partition coefficient (Wildman–Crippen LogP) is 6.46.